The molecule has 0 fully saturated rings. The predicted molar refractivity (Wildman–Crippen MR) is 147 cm³/mol. The maximum Gasteiger partial charge on any atom is 0.407 e. The molecule has 2 heterocycles. The molecule has 0 unspecified atom stereocenters. The van der Waals surface area contributed by atoms with Crippen molar-refractivity contribution in [1.29, 1.82) is 5.26 Å². The number of nitrogens with one attached hydrogen (secondary N) is 2. The van der Waals surface area contributed by atoms with Crippen LogP contribution in [0.3, 0.4) is 0 Å². The third-order valence-corrected chi connectivity index (χ3v) is 5.75. The van der Waals surface area contributed by atoms with E-state index in [1.165, 1.54) is 23.8 Å². The fourth-order valence-electron chi connectivity index (χ4n) is 3.47. The van der Waals surface area contributed by atoms with Gasteiger partial charge < -0.3 is 29.4 Å². The highest BCUT2D eigenvalue weighted by Gasteiger charge is 2.17. The van der Waals surface area contributed by atoms with Gasteiger partial charge in [0.05, 0.1) is 23.2 Å². The lowest BCUT2D eigenvalue weighted by Gasteiger charge is -2.20. The first-order valence-corrected chi connectivity index (χ1v) is 12.5. The van der Waals surface area contributed by atoms with Gasteiger partial charge in [-0.1, -0.05) is 23.2 Å². The number of carbonyl (C=O) groups excluding carboxylic acids is 2. The lowest BCUT2D eigenvalue weighted by Crippen LogP contribution is -2.33. The molecule has 2 N–H and O–H groups in total. The van der Waals surface area contributed by atoms with Gasteiger partial charge >= 0.3 is 12.1 Å². The number of alkyl carbamates (subject to hydrolysis) is 1. The summed E-state index contributed by atoms with van der Waals surface area (Å²) in [7, 11) is 1.22. The molecule has 0 saturated carbocycles. The van der Waals surface area contributed by atoms with Crippen LogP contribution in [-0.4, -0.2) is 47.5 Å². The van der Waals surface area contributed by atoms with E-state index >= 15 is 0 Å². The highest BCUT2D eigenvalue weighted by molar-refractivity contribution is 6.35. The Balaban J connectivity index is 1.90. The van der Waals surface area contributed by atoms with E-state index in [0.29, 0.717) is 23.0 Å². The van der Waals surface area contributed by atoms with Crippen LogP contribution in [0, 0.1) is 11.3 Å². The number of pyridine rings is 2. The Hall–Kier alpha value is -4.01. The summed E-state index contributed by atoms with van der Waals surface area (Å²) >= 11 is 12.3. The summed E-state index contributed by atoms with van der Waals surface area (Å²) in [6, 6.07) is 10.0. The quantitative estimate of drug-likeness (QED) is 0.209. The van der Waals surface area contributed by atoms with Gasteiger partial charge in [-0.05, 0) is 57.5 Å². The number of nitrogens with zero attached hydrogens (tertiary/aromatic N) is 3. The number of esters is 1. The lowest BCUT2D eigenvalue weighted by atomic mass is 10.1. The van der Waals surface area contributed by atoms with Crippen molar-refractivity contribution in [2.45, 2.75) is 39.3 Å². The number of methoxy groups -OCH3 is 1. The highest BCUT2D eigenvalue weighted by Crippen LogP contribution is 2.29. The van der Waals surface area contributed by atoms with Crippen molar-refractivity contribution in [1.82, 2.24) is 14.9 Å². The lowest BCUT2D eigenvalue weighted by molar-refractivity contribution is -0.142. The monoisotopic (exact) mass is 575 g/mol. The Labute approximate surface area is 234 Å². The third kappa shape index (κ3) is 7.99. The third-order valence-electron chi connectivity index (χ3n) is 5.17. The van der Waals surface area contributed by atoms with Crippen LogP contribution in [-0.2, 0) is 20.8 Å². The number of halogens is 2. The van der Waals surface area contributed by atoms with Gasteiger partial charge in [-0.2, -0.15) is 5.26 Å². The molecule has 0 saturated heterocycles. The van der Waals surface area contributed by atoms with Crippen LogP contribution in [0.4, 0.5) is 16.3 Å². The molecule has 0 atom stereocenters. The van der Waals surface area contributed by atoms with Gasteiger partial charge in [0.1, 0.15) is 16.8 Å². The number of amides is 1. The van der Waals surface area contributed by atoms with Gasteiger partial charge in [0.25, 0.3) is 5.56 Å². The second-order valence-electron chi connectivity index (χ2n) is 9.28. The van der Waals surface area contributed by atoms with Crippen LogP contribution in [0.5, 0.6) is 5.75 Å². The smallest absolute Gasteiger partial charge is 0.407 e. The average molecular weight is 576 g/mol. The molecule has 11 nitrogen and oxygen atoms in total. The second kappa shape index (κ2) is 12.7. The number of rotatable bonds is 9. The second-order valence-corrected chi connectivity index (χ2v) is 10.0. The standard InChI is InChI=1S/C26H27Cl2N5O6/c1-26(2,3)39-25(36)30-8-5-9-33-19-7-6-17(31-23-18(27)11-16(13-29)22(28)32-23)10-15(19)12-20(24(33)35)38-14-21(34)37-4/h6-7,10-12H,5,8-9,14H2,1-4H3,(H,30,36)(H,31,32). The SMILES string of the molecule is COC(=O)COc1cc2cc(Nc3nc(Cl)c(C#N)cc3Cl)ccc2n(CCCNC(=O)OC(C)(C)C)c1=O. The number of hydrogen-bond donors (Lipinski definition) is 2. The normalized spacial score (nSPS) is 11.0. The van der Waals surface area contributed by atoms with Gasteiger partial charge in [-0.15, -0.1) is 0 Å². The van der Waals surface area contributed by atoms with Gasteiger partial charge in [-0.3, -0.25) is 4.79 Å². The molecule has 39 heavy (non-hydrogen) atoms. The van der Waals surface area contributed by atoms with Gasteiger partial charge in [-0.25, -0.2) is 14.6 Å². The topological polar surface area (TPSA) is 145 Å². The van der Waals surface area contributed by atoms with Crippen LogP contribution in [0.1, 0.15) is 32.8 Å². The number of carbonyl (C=O) groups is 2. The molecule has 0 aliphatic heterocycles. The number of aromatic nitrogens is 2. The molecular weight excluding hydrogens is 549 g/mol. The minimum absolute atomic E-state index is 0.00230. The van der Waals surface area contributed by atoms with Gasteiger partial charge in [0.2, 0.25) is 0 Å². The zero-order valence-corrected chi connectivity index (χ0v) is 23.3. The van der Waals surface area contributed by atoms with Crippen molar-refractivity contribution < 1.29 is 23.8 Å². The first kappa shape index (κ1) is 29.5. The van der Waals surface area contributed by atoms with Crippen molar-refractivity contribution in [2.75, 3.05) is 25.6 Å². The molecule has 0 aliphatic carbocycles. The highest BCUT2D eigenvalue weighted by atomic mass is 35.5. The summed E-state index contributed by atoms with van der Waals surface area (Å²) < 4.78 is 16.8. The Morgan fingerprint density at radius 1 is 1.18 bits per heavy atom. The van der Waals surface area contributed by atoms with Crippen molar-refractivity contribution in [3.63, 3.8) is 0 Å². The number of hydrogen-bond acceptors (Lipinski definition) is 9. The Morgan fingerprint density at radius 2 is 1.92 bits per heavy atom. The van der Waals surface area contributed by atoms with Crippen LogP contribution in [0.25, 0.3) is 10.9 Å². The number of benzene rings is 1. The minimum Gasteiger partial charge on any atom is -0.476 e. The molecule has 2 aromatic heterocycles. The van der Waals surface area contributed by atoms with E-state index in [1.54, 1.807) is 39.0 Å². The van der Waals surface area contributed by atoms with E-state index in [1.807, 2.05) is 6.07 Å². The Bertz CT molecular complexity index is 1490. The average Bonchev–Trinajstić information content (AvgIpc) is 2.87. The fourth-order valence-corrected chi connectivity index (χ4v) is 3.85. The largest absolute Gasteiger partial charge is 0.476 e. The molecule has 1 amide bonds. The summed E-state index contributed by atoms with van der Waals surface area (Å²) in [5, 5.41) is 15.6. The van der Waals surface area contributed by atoms with Crippen LogP contribution in [0.15, 0.2) is 35.1 Å². The molecule has 0 radical (unpaired) electrons. The zero-order valence-electron chi connectivity index (χ0n) is 21.8. The van der Waals surface area contributed by atoms with Crippen molar-refractivity contribution in [2.24, 2.45) is 0 Å². The molecule has 206 valence electrons. The summed E-state index contributed by atoms with van der Waals surface area (Å²) in [6.45, 7) is 5.35. The van der Waals surface area contributed by atoms with Crippen LogP contribution >= 0.6 is 23.2 Å². The van der Waals surface area contributed by atoms with Gasteiger partial charge in [0, 0.05) is 24.2 Å². The molecule has 3 rings (SSSR count). The first-order chi connectivity index (χ1) is 18.4. The van der Waals surface area contributed by atoms with Crippen LogP contribution < -0.4 is 20.9 Å². The molecule has 1 aromatic carbocycles. The predicted octanol–water partition coefficient (Wildman–Crippen LogP) is 4.79. The molecule has 3 aromatic rings. The van der Waals surface area contributed by atoms with E-state index < -0.39 is 29.8 Å². The summed E-state index contributed by atoms with van der Waals surface area (Å²) in [5.41, 5.74) is 0.215. The van der Waals surface area contributed by atoms with Crippen molar-refractivity contribution in [3.05, 3.63) is 56.4 Å². The minimum atomic E-state index is -0.642. The number of aryl methyl sites for hydroxylation is 1. The molecular formula is C26H27Cl2N5O6. The number of anilines is 2. The number of fused-ring (bicyclic) bond motifs is 1. The van der Waals surface area contributed by atoms with Crippen molar-refractivity contribution in [3.8, 4) is 11.8 Å². The molecule has 0 aliphatic rings. The van der Waals surface area contributed by atoms with E-state index in [9.17, 15) is 14.4 Å². The Kier molecular flexibility index (Phi) is 9.61. The summed E-state index contributed by atoms with van der Waals surface area (Å²) in [4.78, 5) is 40.9. The van der Waals surface area contributed by atoms with Gasteiger partial charge in [0.15, 0.2) is 18.2 Å². The summed E-state index contributed by atoms with van der Waals surface area (Å²) in [5.74, 6) is -0.456. The maximum absolute atomic E-state index is 13.2. The fraction of sp³-hybridized carbons (Fsp3) is 0.346. The maximum atomic E-state index is 13.2. The zero-order chi connectivity index (χ0) is 28.7. The van der Waals surface area contributed by atoms with E-state index in [4.69, 9.17) is 37.9 Å². The molecule has 13 heteroatoms. The van der Waals surface area contributed by atoms with E-state index in [-0.39, 0.29) is 40.4 Å². The Morgan fingerprint density at radius 3 is 2.59 bits per heavy atom. The van der Waals surface area contributed by atoms with Crippen LogP contribution in [0.2, 0.25) is 10.2 Å². The molecule has 0 spiro atoms. The molecule has 0 bridgehead atoms. The summed E-state index contributed by atoms with van der Waals surface area (Å²) in [6.07, 6.45) is -0.140. The number of nitriles is 1. The first-order valence-electron chi connectivity index (χ1n) is 11.8. The number of ether oxygens (including phenoxy) is 3. The van der Waals surface area contributed by atoms with Crippen molar-refractivity contribution >= 4 is 57.7 Å². The van der Waals surface area contributed by atoms with E-state index in [0.717, 1.165) is 0 Å². The van der Waals surface area contributed by atoms with E-state index in [2.05, 4.69) is 20.4 Å².